The molecule has 1 saturated heterocycles. The zero-order valence-corrected chi connectivity index (χ0v) is 14.8. The fourth-order valence-electron chi connectivity index (χ4n) is 3.93. The number of nitrogens with one attached hydrogen (secondary N) is 2. The Morgan fingerprint density at radius 1 is 1.19 bits per heavy atom. The van der Waals surface area contributed by atoms with E-state index in [0.29, 0.717) is 6.04 Å². The van der Waals surface area contributed by atoms with E-state index < -0.39 is 0 Å². The van der Waals surface area contributed by atoms with Crippen LogP contribution in [0.15, 0.2) is 49.1 Å². The zero-order chi connectivity index (χ0) is 18.2. The molecule has 0 saturated carbocycles. The van der Waals surface area contributed by atoms with Crippen molar-refractivity contribution in [2.75, 3.05) is 23.3 Å². The molecule has 1 aliphatic heterocycles. The molecule has 7 heteroatoms. The third-order valence-electron chi connectivity index (χ3n) is 5.24. The van der Waals surface area contributed by atoms with Gasteiger partial charge in [-0.05, 0) is 36.4 Å². The second-order valence-electron chi connectivity index (χ2n) is 6.88. The van der Waals surface area contributed by atoms with Crippen molar-refractivity contribution >= 4 is 33.4 Å². The summed E-state index contributed by atoms with van der Waals surface area (Å²) in [6, 6.07) is 11.9. The fraction of sp³-hybridized carbons (Fsp3) is 0.250. The molecule has 4 aromatic rings. The van der Waals surface area contributed by atoms with Crippen LogP contribution in [0.3, 0.4) is 0 Å². The first-order valence-corrected chi connectivity index (χ1v) is 9.16. The summed E-state index contributed by atoms with van der Waals surface area (Å²) in [6.45, 7) is 1.76. The van der Waals surface area contributed by atoms with Crippen LogP contribution in [0.1, 0.15) is 12.8 Å². The average molecular weight is 360 g/mol. The molecule has 1 fully saturated rings. The number of hydrogen-bond acceptors (Lipinski definition) is 6. The van der Waals surface area contributed by atoms with Gasteiger partial charge in [-0.25, -0.2) is 15.0 Å². The van der Waals surface area contributed by atoms with Gasteiger partial charge in [0.2, 0.25) is 0 Å². The summed E-state index contributed by atoms with van der Waals surface area (Å²) in [5, 5.41) is 15.6. The monoisotopic (exact) mass is 360 g/mol. The molecule has 0 bridgehead atoms. The molecule has 5 rings (SSSR count). The molecule has 136 valence electrons. The zero-order valence-electron chi connectivity index (χ0n) is 14.8. The van der Waals surface area contributed by atoms with Crippen molar-refractivity contribution < 1.29 is 5.11 Å². The normalized spacial score (nSPS) is 17.0. The third kappa shape index (κ3) is 2.81. The summed E-state index contributed by atoms with van der Waals surface area (Å²) < 4.78 is 0. The van der Waals surface area contributed by atoms with E-state index in [0.717, 1.165) is 59.4 Å². The lowest BCUT2D eigenvalue weighted by molar-refractivity contribution is 0.476. The smallest absolute Gasteiger partial charge is 0.162 e. The van der Waals surface area contributed by atoms with Crippen LogP contribution in [-0.2, 0) is 0 Å². The molecule has 7 nitrogen and oxygen atoms in total. The highest BCUT2D eigenvalue weighted by Gasteiger charge is 2.27. The van der Waals surface area contributed by atoms with E-state index in [2.05, 4.69) is 42.3 Å². The molecule has 27 heavy (non-hydrogen) atoms. The Morgan fingerprint density at radius 3 is 3.11 bits per heavy atom. The minimum atomic E-state index is 0.279. The van der Waals surface area contributed by atoms with Gasteiger partial charge in [-0.3, -0.25) is 0 Å². The number of hydrogen-bond donors (Lipinski definition) is 3. The second-order valence-corrected chi connectivity index (χ2v) is 6.88. The number of fused-ring (bicyclic) bond motifs is 2. The summed E-state index contributed by atoms with van der Waals surface area (Å²) in [5.74, 6) is 1.17. The van der Waals surface area contributed by atoms with Crippen molar-refractivity contribution in [3.8, 4) is 5.75 Å². The van der Waals surface area contributed by atoms with Crippen LogP contribution in [0.25, 0.3) is 21.9 Å². The van der Waals surface area contributed by atoms with Gasteiger partial charge < -0.3 is 20.3 Å². The molecule has 0 spiro atoms. The van der Waals surface area contributed by atoms with Crippen molar-refractivity contribution in [2.45, 2.75) is 18.9 Å². The lowest BCUT2D eigenvalue weighted by Crippen LogP contribution is -2.35. The van der Waals surface area contributed by atoms with Crippen molar-refractivity contribution in [3.63, 3.8) is 0 Å². The van der Waals surface area contributed by atoms with E-state index in [1.54, 1.807) is 18.7 Å². The predicted molar refractivity (Wildman–Crippen MR) is 106 cm³/mol. The largest absolute Gasteiger partial charge is 0.508 e. The van der Waals surface area contributed by atoms with Crippen molar-refractivity contribution in [1.29, 1.82) is 0 Å². The number of phenolic OH excluding ortho intramolecular Hbond substituents is 1. The molecule has 0 aliphatic carbocycles. The van der Waals surface area contributed by atoms with Gasteiger partial charge in [-0.2, -0.15) is 0 Å². The van der Waals surface area contributed by atoms with Crippen molar-refractivity contribution in [2.24, 2.45) is 0 Å². The Balaban J connectivity index is 1.41. The first-order valence-electron chi connectivity index (χ1n) is 9.16. The number of nitrogens with zero attached hydrogens (tertiary/aromatic N) is 4. The Labute approximate surface area is 156 Å². The van der Waals surface area contributed by atoms with E-state index in [9.17, 15) is 5.11 Å². The van der Waals surface area contributed by atoms with Gasteiger partial charge in [-0.15, -0.1) is 0 Å². The number of aromatic nitrogens is 4. The first-order chi connectivity index (χ1) is 13.3. The number of benzene rings is 2. The summed E-state index contributed by atoms with van der Waals surface area (Å²) in [4.78, 5) is 18.5. The average Bonchev–Trinajstić information content (AvgIpc) is 3.35. The Kier molecular flexibility index (Phi) is 3.78. The van der Waals surface area contributed by atoms with Crippen molar-refractivity contribution in [3.05, 3.63) is 49.1 Å². The van der Waals surface area contributed by atoms with Crippen LogP contribution in [0, 0.1) is 0 Å². The van der Waals surface area contributed by atoms with Crippen LogP contribution in [-0.4, -0.2) is 44.2 Å². The van der Waals surface area contributed by atoms with Crippen LogP contribution >= 0.6 is 0 Å². The van der Waals surface area contributed by atoms with Gasteiger partial charge >= 0.3 is 0 Å². The highest BCUT2D eigenvalue weighted by molar-refractivity contribution is 5.94. The minimum Gasteiger partial charge on any atom is -0.508 e. The van der Waals surface area contributed by atoms with Gasteiger partial charge in [-0.1, -0.05) is 18.2 Å². The molecule has 2 aromatic heterocycles. The molecule has 1 aliphatic rings. The maximum Gasteiger partial charge on any atom is 0.162 e. The highest BCUT2D eigenvalue weighted by Crippen LogP contribution is 2.30. The first kappa shape index (κ1) is 15.9. The number of phenols is 1. The van der Waals surface area contributed by atoms with Crippen LogP contribution < -0.4 is 10.2 Å². The van der Waals surface area contributed by atoms with Gasteiger partial charge in [0.1, 0.15) is 17.6 Å². The summed E-state index contributed by atoms with van der Waals surface area (Å²) in [6.07, 6.45) is 5.47. The molecule has 2 aromatic carbocycles. The molecule has 1 unspecified atom stereocenters. The Hall–Kier alpha value is -3.35. The number of imidazole rings is 1. The third-order valence-corrected chi connectivity index (χ3v) is 5.24. The molecule has 3 heterocycles. The number of aromatic amines is 1. The number of rotatable bonds is 4. The minimum absolute atomic E-state index is 0.279. The molecule has 0 amide bonds. The molecule has 3 N–H and O–H groups in total. The van der Waals surface area contributed by atoms with Gasteiger partial charge in [0.05, 0.1) is 6.33 Å². The van der Waals surface area contributed by atoms with E-state index in [1.165, 1.54) is 0 Å². The second kappa shape index (κ2) is 6.42. The summed E-state index contributed by atoms with van der Waals surface area (Å²) >= 11 is 0. The van der Waals surface area contributed by atoms with Gasteiger partial charge in [0, 0.05) is 30.2 Å². The maximum absolute atomic E-state index is 9.85. The van der Waals surface area contributed by atoms with Gasteiger partial charge in [0.25, 0.3) is 0 Å². The van der Waals surface area contributed by atoms with Crippen molar-refractivity contribution in [1.82, 2.24) is 19.9 Å². The van der Waals surface area contributed by atoms with E-state index in [4.69, 9.17) is 0 Å². The lowest BCUT2D eigenvalue weighted by atomic mass is 10.1. The molecular formula is C20H20N6O. The summed E-state index contributed by atoms with van der Waals surface area (Å²) in [7, 11) is 0. The summed E-state index contributed by atoms with van der Waals surface area (Å²) in [5.41, 5.74) is 2.62. The molecule has 0 radical (unpaired) electrons. The van der Waals surface area contributed by atoms with E-state index in [-0.39, 0.29) is 5.75 Å². The van der Waals surface area contributed by atoms with Crippen LogP contribution in [0.5, 0.6) is 5.75 Å². The topological polar surface area (TPSA) is 90.0 Å². The standard InChI is InChI=1S/C20H20N6O/c27-15-7-6-13-3-1-5-17(16(13)9-15)21-10-14-4-2-8-26(14)20-18-19(23-11-22-18)24-12-25-20/h1,3,5-7,9,11-12,14,21,27H,2,4,8,10H2,(H,22,23,24,25). The fourth-order valence-corrected chi connectivity index (χ4v) is 3.93. The quantitative estimate of drug-likeness (QED) is 0.517. The molecule has 1 atom stereocenters. The van der Waals surface area contributed by atoms with Crippen LogP contribution in [0.4, 0.5) is 11.5 Å². The SMILES string of the molecule is Oc1ccc2cccc(NCC3CCCN3c3ncnc4[nH]cnc34)c2c1. The number of H-pyrrole nitrogens is 1. The Bertz CT molecular complexity index is 1110. The number of anilines is 2. The predicted octanol–water partition coefficient (Wildman–Crippen LogP) is 3.29. The van der Waals surface area contributed by atoms with E-state index >= 15 is 0 Å². The highest BCUT2D eigenvalue weighted by atomic mass is 16.3. The van der Waals surface area contributed by atoms with Gasteiger partial charge in [0.15, 0.2) is 11.5 Å². The Morgan fingerprint density at radius 2 is 2.15 bits per heavy atom. The maximum atomic E-state index is 9.85. The lowest BCUT2D eigenvalue weighted by Gasteiger charge is -2.26. The van der Waals surface area contributed by atoms with E-state index in [1.807, 2.05) is 18.2 Å². The molecular weight excluding hydrogens is 340 g/mol. The van der Waals surface area contributed by atoms with Crippen LogP contribution in [0.2, 0.25) is 0 Å². The number of aromatic hydroxyl groups is 1.